The van der Waals surface area contributed by atoms with Crippen molar-refractivity contribution in [1.29, 1.82) is 0 Å². The lowest BCUT2D eigenvalue weighted by Crippen LogP contribution is -2.28. The summed E-state index contributed by atoms with van der Waals surface area (Å²) in [4.78, 5) is 35.9. The molecule has 1 saturated heterocycles. The van der Waals surface area contributed by atoms with E-state index < -0.39 is 4.92 Å². The van der Waals surface area contributed by atoms with E-state index in [0.717, 1.165) is 17.0 Å². The van der Waals surface area contributed by atoms with Crippen molar-refractivity contribution in [1.82, 2.24) is 5.01 Å². The van der Waals surface area contributed by atoms with Gasteiger partial charge in [0.15, 0.2) is 11.5 Å². The first-order valence-electron chi connectivity index (χ1n) is 11.2. The molecule has 0 spiro atoms. The van der Waals surface area contributed by atoms with Crippen LogP contribution in [0.15, 0.2) is 59.7 Å². The van der Waals surface area contributed by atoms with Gasteiger partial charge in [0.2, 0.25) is 0 Å². The molecule has 34 heavy (non-hydrogen) atoms. The molecule has 9 heteroatoms. The second kappa shape index (κ2) is 8.74. The number of benzene rings is 2. The van der Waals surface area contributed by atoms with Crippen LogP contribution in [0.1, 0.15) is 24.5 Å². The number of nitro benzene ring substituents is 1. The number of nitro groups is 1. The van der Waals surface area contributed by atoms with Crippen LogP contribution in [0.5, 0.6) is 11.5 Å². The number of amides is 2. The number of imide groups is 1. The smallest absolute Gasteiger partial charge is 0.269 e. The van der Waals surface area contributed by atoms with Crippen LogP contribution in [-0.2, 0) is 16.2 Å². The van der Waals surface area contributed by atoms with Gasteiger partial charge < -0.3 is 9.47 Å². The fourth-order valence-corrected chi connectivity index (χ4v) is 4.99. The summed E-state index contributed by atoms with van der Waals surface area (Å²) in [6, 6.07) is 11.4. The third-order valence-corrected chi connectivity index (χ3v) is 6.58. The number of nitrogens with zero attached hydrogens (tertiary/aromatic N) is 3. The Bertz CT molecular complexity index is 1180. The van der Waals surface area contributed by atoms with Crippen LogP contribution in [0.4, 0.5) is 5.69 Å². The predicted molar refractivity (Wildman–Crippen MR) is 122 cm³/mol. The molecule has 174 valence electrons. The number of allylic oxidation sites excluding steroid dienone is 2. The van der Waals surface area contributed by atoms with Gasteiger partial charge in [-0.05, 0) is 66.6 Å². The van der Waals surface area contributed by atoms with E-state index in [-0.39, 0.29) is 47.8 Å². The van der Waals surface area contributed by atoms with E-state index in [0.29, 0.717) is 23.7 Å². The second-order valence-electron chi connectivity index (χ2n) is 8.58. The topological polar surface area (TPSA) is 111 Å². The Balaban J connectivity index is 1.28. The molecule has 1 aliphatic heterocycles. The maximum absolute atomic E-state index is 12.8. The Hall–Kier alpha value is -4.01. The SMILES string of the molecule is CCOc1cc(/C=N/N2C(=O)C3C4C=CC(C4)C3C2=O)ccc1OCc1ccc([N+](=O)[O-])cc1. The van der Waals surface area contributed by atoms with Gasteiger partial charge in [-0.25, -0.2) is 0 Å². The average molecular weight is 461 g/mol. The number of carbonyl (C=O) groups is 2. The number of rotatable bonds is 8. The third-order valence-electron chi connectivity index (χ3n) is 6.58. The van der Waals surface area contributed by atoms with Gasteiger partial charge in [0.25, 0.3) is 17.5 Å². The highest BCUT2D eigenvalue weighted by molar-refractivity contribution is 6.06. The van der Waals surface area contributed by atoms with Crippen LogP contribution in [0.2, 0.25) is 0 Å². The van der Waals surface area contributed by atoms with Crippen molar-refractivity contribution >= 4 is 23.7 Å². The van der Waals surface area contributed by atoms with E-state index in [1.165, 1.54) is 18.3 Å². The molecule has 9 nitrogen and oxygen atoms in total. The molecule has 4 unspecified atom stereocenters. The molecule has 2 aromatic rings. The summed E-state index contributed by atoms with van der Waals surface area (Å²) < 4.78 is 11.6. The molecule has 2 aliphatic carbocycles. The van der Waals surface area contributed by atoms with Crippen LogP contribution in [0.25, 0.3) is 0 Å². The summed E-state index contributed by atoms with van der Waals surface area (Å²) in [7, 11) is 0. The molecule has 0 radical (unpaired) electrons. The molecule has 2 aromatic carbocycles. The number of non-ortho nitro benzene ring substituents is 1. The quantitative estimate of drug-likeness (QED) is 0.195. The summed E-state index contributed by atoms with van der Waals surface area (Å²) in [6.07, 6.45) is 6.46. The van der Waals surface area contributed by atoms with Crippen molar-refractivity contribution < 1.29 is 24.0 Å². The number of ether oxygens (including phenoxy) is 2. The highest BCUT2D eigenvalue weighted by atomic mass is 16.6. The zero-order chi connectivity index (χ0) is 23.8. The van der Waals surface area contributed by atoms with Gasteiger partial charge in [-0.3, -0.25) is 19.7 Å². The van der Waals surface area contributed by atoms with E-state index in [4.69, 9.17) is 9.47 Å². The predicted octanol–water partition coefficient (Wildman–Crippen LogP) is 3.71. The first-order valence-corrected chi connectivity index (χ1v) is 11.2. The van der Waals surface area contributed by atoms with Gasteiger partial charge in [-0.1, -0.05) is 12.2 Å². The minimum Gasteiger partial charge on any atom is -0.490 e. The molecule has 3 aliphatic rings. The first-order chi connectivity index (χ1) is 16.5. The number of carbonyl (C=O) groups excluding carboxylic acids is 2. The molecule has 2 amide bonds. The number of hydrazone groups is 1. The van der Waals surface area contributed by atoms with Gasteiger partial charge >= 0.3 is 0 Å². The van der Waals surface area contributed by atoms with E-state index >= 15 is 0 Å². The maximum atomic E-state index is 12.8. The molecule has 1 saturated carbocycles. The van der Waals surface area contributed by atoms with Crippen LogP contribution in [-0.4, -0.2) is 34.6 Å². The minimum absolute atomic E-state index is 0.0184. The minimum atomic E-state index is -0.449. The number of hydrogen-bond donors (Lipinski definition) is 0. The standard InChI is InChI=1S/C25H23N3O6/c1-2-33-21-11-16(5-10-20(21)34-14-15-3-8-19(9-4-15)28(31)32)13-26-27-24(29)22-17-6-7-18(12-17)23(22)25(27)30/h3-11,13,17-18,22-23H,2,12,14H2,1H3/b26-13+. The van der Waals surface area contributed by atoms with Gasteiger partial charge in [0, 0.05) is 12.1 Å². The van der Waals surface area contributed by atoms with Crippen molar-refractivity contribution in [3.05, 3.63) is 75.9 Å². The van der Waals surface area contributed by atoms with Crippen LogP contribution < -0.4 is 9.47 Å². The molecular formula is C25H23N3O6. The monoisotopic (exact) mass is 461 g/mol. The fraction of sp³-hybridized carbons (Fsp3) is 0.320. The van der Waals surface area contributed by atoms with Crippen molar-refractivity contribution in [2.75, 3.05) is 6.61 Å². The van der Waals surface area contributed by atoms with E-state index in [1.807, 2.05) is 19.1 Å². The largest absolute Gasteiger partial charge is 0.490 e. The summed E-state index contributed by atoms with van der Waals surface area (Å²) >= 11 is 0. The van der Waals surface area contributed by atoms with E-state index in [2.05, 4.69) is 5.10 Å². The van der Waals surface area contributed by atoms with Crippen LogP contribution in [0.3, 0.4) is 0 Å². The number of hydrogen-bond acceptors (Lipinski definition) is 7. The van der Waals surface area contributed by atoms with E-state index in [9.17, 15) is 19.7 Å². The van der Waals surface area contributed by atoms with Gasteiger partial charge in [-0.2, -0.15) is 10.1 Å². The Morgan fingerprint density at radius 1 is 1.03 bits per heavy atom. The molecule has 1 heterocycles. The summed E-state index contributed by atoms with van der Waals surface area (Å²) in [5.41, 5.74) is 1.45. The zero-order valence-electron chi connectivity index (χ0n) is 18.5. The van der Waals surface area contributed by atoms with Crippen LogP contribution in [0, 0.1) is 33.8 Å². The normalized spacial score (nSPS) is 24.8. The van der Waals surface area contributed by atoms with Crippen molar-refractivity contribution in [2.24, 2.45) is 28.8 Å². The Morgan fingerprint density at radius 3 is 2.32 bits per heavy atom. The molecule has 2 fully saturated rings. The van der Waals surface area contributed by atoms with Gasteiger partial charge in [0.05, 0.1) is 29.6 Å². The molecule has 0 N–H and O–H groups in total. The van der Waals surface area contributed by atoms with Crippen LogP contribution >= 0.6 is 0 Å². The highest BCUT2D eigenvalue weighted by Crippen LogP contribution is 2.52. The lowest BCUT2D eigenvalue weighted by atomic mass is 9.85. The summed E-state index contributed by atoms with van der Waals surface area (Å²) in [5.74, 6) is 0.260. The number of fused-ring (bicyclic) bond motifs is 5. The lowest BCUT2D eigenvalue weighted by Gasteiger charge is -2.13. The zero-order valence-corrected chi connectivity index (χ0v) is 18.5. The summed E-state index contributed by atoms with van der Waals surface area (Å²) in [6.45, 7) is 2.47. The van der Waals surface area contributed by atoms with Crippen molar-refractivity contribution in [2.45, 2.75) is 20.0 Å². The molecule has 2 bridgehead atoms. The Kier molecular flexibility index (Phi) is 5.61. The lowest BCUT2D eigenvalue weighted by molar-refractivity contribution is -0.384. The average Bonchev–Trinajstić information content (AvgIpc) is 3.52. The summed E-state index contributed by atoms with van der Waals surface area (Å²) in [5, 5.41) is 16.0. The fourth-order valence-electron chi connectivity index (χ4n) is 4.99. The van der Waals surface area contributed by atoms with Gasteiger partial charge in [-0.15, -0.1) is 0 Å². The molecule has 0 aromatic heterocycles. The molecular weight excluding hydrogens is 438 g/mol. The Labute approximate surface area is 195 Å². The molecule has 4 atom stereocenters. The molecule has 5 rings (SSSR count). The third kappa shape index (κ3) is 3.83. The Morgan fingerprint density at radius 2 is 1.71 bits per heavy atom. The van der Waals surface area contributed by atoms with Crippen molar-refractivity contribution in [3.8, 4) is 11.5 Å². The first kappa shape index (κ1) is 21.8. The highest BCUT2D eigenvalue weighted by Gasteiger charge is 2.59. The maximum Gasteiger partial charge on any atom is 0.269 e. The van der Waals surface area contributed by atoms with Gasteiger partial charge in [0.1, 0.15) is 6.61 Å². The van der Waals surface area contributed by atoms with Crippen molar-refractivity contribution in [3.63, 3.8) is 0 Å². The van der Waals surface area contributed by atoms with E-state index in [1.54, 1.807) is 30.3 Å². The second-order valence-corrected chi connectivity index (χ2v) is 8.58.